The molecule has 0 saturated heterocycles. The lowest BCUT2D eigenvalue weighted by Crippen LogP contribution is -2.14. The van der Waals surface area contributed by atoms with E-state index in [9.17, 15) is 9.59 Å². The summed E-state index contributed by atoms with van der Waals surface area (Å²) in [5.41, 5.74) is 6.21. The first kappa shape index (κ1) is 24.6. The van der Waals surface area contributed by atoms with Crippen LogP contribution in [-0.4, -0.2) is 46.8 Å². The van der Waals surface area contributed by atoms with Crippen LogP contribution in [0.4, 0.5) is 5.69 Å². The van der Waals surface area contributed by atoms with Crippen molar-refractivity contribution in [2.45, 2.75) is 27.2 Å². The van der Waals surface area contributed by atoms with Crippen molar-refractivity contribution < 1.29 is 9.59 Å². The van der Waals surface area contributed by atoms with Crippen molar-refractivity contribution in [3.63, 3.8) is 0 Å². The van der Waals surface area contributed by atoms with E-state index in [4.69, 9.17) is 9.97 Å². The topological polar surface area (TPSA) is 142 Å². The molecular formula is C28H24N8O2S. The molecule has 194 valence electrons. The van der Waals surface area contributed by atoms with Crippen molar-refractivity contribution in [2.24, 2.45) is 5.92 Å². The third-order valence-corrected chi connectivity index (χ3v) is 7.37. The number of nitrogens with one attached hydrogen (secondary N) is 3. The molecule has 6 heterocycles. The average molecular weight is 537 g/mol. The van der Waals surface area contributed by atoms with Crippen molar-refractivity contribution in [1.29, 1.82) is 0 Å². The maximum absolute atomic E-state index is 12.2. The minimum absolute atomic E-state index is 0.0328. The second-order valence-corrected chi connectivity index (χ2v) is 10.7. The van der Waals surface area contributed by atoms with Crippen molar-refractivity contribution in [3.05, 3.63) is 59.9 Å². The zero-order valence-electron chi connectivity index (χ0n) is 21.4. The van der Waals surface area contributed by atoms with Crippen LogP contribution in [0.2, 0.25) is 0 Å². The van der Waals surface area contributed by atoms with Crippen LogP contribution in [0.25, 0.3) is 55.4 Å². The molecule has 1 amide bonds. The predicted molar refractivity (Wildman–Crippen MR) is 151 cm³/mol. The van der Waals surface area contributed by atoms with Gasteiger partial charge in [0.15, 0.2) is 22.9 Å². The molecule has 0 aromatic carbocycles. The zero-order chi connectivity index (χ0) is 27.1. The fourth-order valence-corrected chi connectivity index (χ4v) is 5.29. The molecule has 0 radical (unpaired) electrons. The largest absolute Gasteiger partial charge is 0.335 e. The highest BCUT2D eigenvalue weighted by Crippen LogP contribution is 2.34. The molecule has 3 N–H and O–H groups in total. The van der Waals surface area contributed by atoms with Gasteiger partial charge in [0.05, 0.1) is 33.5 Å². The minimum atomic E-state index is -0.0533. The lowest BCUT2D eigenvalue weighted by atomic mass is 10.1. The van der Waals surface area contributed by atoms with Gasteiger partial charge in [0.25, 0.3) is 0 Å². The van der Waals surface area contributed by atoms with E-state index in [2.05, 4.69) is 30.5 Å². The number of aromatic amines is 2. The third-order valence-electron chi connectivity index (χ3n) is 6.15. The number of carbonyl (C=O) groups is 2. The molecule has 6 aromatic heterocycles. The number of H-pyrrole nitrogens is 2. The van der Waals surface area contributed by atoms with Gasteiger partial charge in [0.1, 0.15) is 5.52 Å². The van der Waals surface area contributed by atoms with Crippen LogP contribution in [-0.2, 0) is 4.79 Å². The average Bonchev–Trinajstić information content (AvgIpc) is 3.65. The van der Waals surface area contributed by atoms with E-state index in [1.165, 1.54) is 11.3 Å². The number of rotatable bonds is 7. The Morgan fingerprint density at radius 2 is 1.95 bits per heavy atom. The fourth-order valence-electron chi connectivity index (χ4n) is 4.36. The number of imidazole rings is 1. The molecule has 0 saturated carbocycles. The van der Waals surface area contributed by atoms with E-state index in [1.807, 2.05) is 50.2 Å². The number of anilines is 1. The van der Waals surface area contributed by atoms with Gasteiger partial charge in [0, 0.05) is 34.8 Å². The highest BCUT2D eigenvalue weighted by atomic mass is 32.1. The number of ketones is 1. The van der Waals surface area contributed by atoms with Crippen LogP contribution >= 0.6 is 11.3 Å². The number of hydrogen-bond acceptors (Lipinski definition) is 8. The van der Waals surface area contributed by atoms with Gasteiger partial charge < -0.3 is 10.3 Å². The van der Waals surface area contributed by atoms with Gasteiger partial charge in [-0.1, -0.05) is 13.8 Å². The van der Waals surface area contributed by atoms with E-state index in [1.54, 1.807) is 25.5 Å². The number of fused-ring (bicyclic) bond motifs is 2. The van der Waals surface area contributed by atoms with E-state index in [-0.39, 0.29) is 17.6 Å². The second-order valence-electron chi connectivity index (χ2n) is 9.64. The van der Waals surface area contributed by atoms with Gasteiger partial charge in [-0.05, 0) is 49.2 Å². The van der Waals surface area contributed by atoms with E-state index >= 15 is 0 Å². The molecule has 6 rings (SSSR count). The third kappa shape index (κ3) is 4.79. The Morgan fingerprint density at radius 3 is 2.74 bits per heavy atom. The summed E-state index contributed by atoms with van der Waals surface area (Å²) in [5, 5.41) is 10.4. The smallest absolute Gasteiger partial charge is 0.224 e. The number of nitrogens with zero attached hydrogens (tertiary/aromatic N) is 5. The number of Topliss-reactive ketones (excluding diaryl/α,β-unsaturated/α-hetero) is 1. The van der Waals surface area contributed by atoms with E-state index in [0.29, 0.717) is 45.4 Å². The first-order chi connectivity index (χ1) is 18.9. The van der Waals surface area contributed by atoms with Crippen molar-refractivity contribution in [2.75, 3.05) is 5.32 Å². The lowest BCUT2D eigenvalue weighted by molar-refractivity contribution is -0.116. The summed E-state index contributed by atoms with van der Waals surface area (Å²) >= 11 is 1.43. The molecule has 0 spiro atoms. The quantitative estimate of drug-likeness (QED) is 0.216. The Hall–Kier alpha value is -4.77. The van der Waals surface area contributed by atoms with Crippen molar-refractivity contribution in [1.82, 2.24) is 35.1 Å². The first-order valence-corrected chi connectivity index (χ1v) is 13.2. The molecule has 0 aliphatic rings. The standard InChI is InChI=1S/C28H24N8O2S/c1-14(2)10-23(38)31-17-11-16(12-29-13-17)19-4-5-20-25(32-19)26(36-35-20)28-33-24-18(8-9-30-27(24)34-28)22-7-6-21(39-22)15(3)37/h4-9,11-14H,10H2,1-3H3,(H,31,38)(H,35,36)(H,30,33,34). The highest BCUT2D eigenvalue weighted by Gasteiger charge is 2.18. The van der Waals surface area contributed by atoms with E-state index in [0.717, 1.165) is 27.0 Å². The van der Waals surface area contributed by atoms with Crippen LogP contribution in [0, 0.1) is 5.92 Å². The van der Waals surface area contributed by atoms with Crippen LogP contribution in [0.5, 0.6) is 0 Å². The van der Waals surface area contributed by atoms with Crippen LogP contribution in [0.15, 0.2) is 55.0 Å². The fraction of sp³-hybridized carbons (Fsp3) is 0.179. The summed E-state index contributed by atoms with van der Waals surface area (Å²) in [6.07, 6.45) is 5.47. The molecule has 0 atom stereocenters. The summed E-state index contributed by atoms with van der Waals surface area (Å²) < 4.78 is 0. The summed E-state index contributed by atoms with van der Waals surface area (Å²) in [5.74, 6) is 0.766. The lowest BCUT2D eigenvalue weighted by Gasteiger charge is -2.08. The predicted octanol–water partition coefficient (Wildman–Crippen LogP) is 5.87. The SMILES string of the molecule is CC(=O)c1ccc(-c2ccnc3nc(-c4n[nH]c5ccc(-c6cncc(NC(=O)CC(C)C)c6)nc45)[nH]c23)s1. The first-order valence-electron chi connectivity index (χ1n) is 12.4. The second kappa shape index (κ2) is 9.84. The Bertz CT molecular complexity index is 1870. The molecular weight excluding hydrogens is 512 g/mol. The number of aromatic nitrogens is 7. The Morgan fingerprint density at radius 1 is 1.08 bits per heavy atom. The Kier molecular flexibility index (Phi) is 6.20. The monoisotopic (exact) mass is 536 g/mol. The van der Waals surface area contributed by atoms with E-state index < -0.39 is 0 Å². The number of hydrogen-bond donors (Lipinski definition) is 3. The van der Waals surface area contributed by atoms with Crippen LogP contribution in [0.1, 0.15) is 36.9 Å². The van der Waals surface area contributed by atoms with Crippen molar-refractivity contribution >= 4 is 50.9 Å². The molecule has 10 nitrogen and oxygen atoms in total. The molecule has 11 heteroatoms. The molecule has 0 aliphatic carbocycles. The van der Waals surface area contributed by atoms with Crippen LogP contribution in [0.3, 0.4) is 0 Å². The van der Waals surface area contributed by atoms with Gasteiger partial charge in [-0.3, -0.25) is 19.7 Å². The van der Waals surface area contributed by atoms with Gasteiger partial charge in [-0.15, -0.1) is 11.3 Å². The normalized spacial score (nSPS) is 11.5. The maximum atomic E-state index is 12.2. The maximum Gasteiger partial charge on any atom is 0.224 e. The highest BCUT2D eigenvalue weighted by molar-refractivity contribution is 7.17. The summed E-state index contributed by atoms with van der Waals surface area (Å²) in [6.45, 7) is 5.56. The molecule has 0 aliphatic heterocycles. The summed E-state index contributed by atoms with van der Waals surface area (Å²) in [4.78, 5) is 47.3. The van der Waals surface area contributed by atoms with Crippen molar-refractivity contribution in [3.8, 4) is 33.2 Å². The number of carbonyl (C=O) groups excluding carboxylic acids is 2. The van der Waals surface area contributed by atoms with Crippen LogP contribution < -0.4 is 5.32 Å². The molecule has 0 bridgehead atoms. The number of pyridine rings is 3. The number of amides is 1. The van der Waals surface area contributed by atoms with Gasteiger partial charge in [0.2, 0.25) is 5.91 Å². The Balaban J connectivity index is 1.37. The zero-order valence-corrected chi connectivity index (χ0v) is 22.3. The molecule has 0 unspecified atom stereocenters. The van der Waals surface area contributed by atoms with Gasteiger partial charge in [-0.2, -0.15) is 5.10 Å². The van der Waals surface area contributed by atoms with Gasteiger partial charge >= 0.3 is 0 Å². The number of thiophene rings is 1. The minimum Gasteiger partial charge on any atom is -0.335 e. The molecule has 6 aromatic rings. The van der Waals surface area contributed by atoms with Gasteiger partial charge in [-0.25, -0.2) is 15.0 Å². The summed E-state index contributed by atoms with van der Waals surface area (Å²) in [7, 11) is 0. The molecule has 39 heavy (non-hydrogen) atoms. The molecule has 0 fully saturated rings. The summed E-state index contributed by atoms with van der Waals surface area (Å²) in [6, 6.07) is 11.3. The Labute approximate surface area is 227 Å².